The maximum atomic E-state index is 13.1. The van der Waals surface area contributed by atoms with Gasteiger partial charge in [0.1, 0.15) is 0 Å². The number of alkyl halides is 2. The summed E-state index contributed by atoms with van der Waals surface area (Å²) in [6.45, 7) is 0. The van der Waals surface area contributed by atoms with E-state index in [1.165, 1.54) is 0 Å². The van der Waals surface area contributed by atoms with Gasteiger partial charge in [0.05, 0.1) is 0 Å². The highest BCUT2D eigenvalue weighted by Gasteiger charge is 2.38. The number of aliphatic carboxylic acids is 1. The molecule has 1 saturated carbocycles. The fraction of sp³-hybridized carbons (Fsp3) is 0.467. The van der Waals surface area contributed by atoms with Crippen molar-refractivity contribution in [3.8, 4) is 0 Å². The van der Waals surface area contributed by atoms with Crippen molar-refractivity contribution in [3.63, 3.8) is 0 Å². The Balaban J connectivity index is 2.04. The molecule has 0 spiro atoms. The highest BCUT2D eigenvalue weighted by Crippen LogP contribution is 2.36. The molecule has 0 heterocycles. The average molecular weight is 376 g/mol. The number of carbonyl (C=O) groups is 2. The first-order valence-electron chi connectivity index (χ1n) is 6.95. The summed E-state index contributed by atoms with van der Waals surface area (Å²) in [7, 11) is 0. The lowest BCUT2D eigenvalue weighted by molar-refractivity contribution is -0.143. The monoisotopic (exact) mass is 375 g/mol. The van der Waals surface area contributed by atoms with Gasteiger partial charge in [0.2, 0.25) is 11.8 Å². The van der Waals surface area contributed by atoms with Gasteiger partial charge in [-0.25, -0.2) is 13.6 Å². The van der Waals surface area contributed by atoms with E-state index in [1.54, 1.807) is 24.3 Å². The van der Waals surface area contributed by atoms with E-state index in [9.17, 15) is 23.5 Å². The predicted octanol–water partition coefficient (Wildman–Crippen LogP) is 3.52. The second-order valence-corrected chi connectivity index (χ2v) is 6.38. The number of carboxylic acids is 1. The summed E-state index contributed by atoms with van der Waals surface area (Å²) >= 11 is 3.25. The fourth-order valence-corrected chi connectivity index (χ4v) is 2.77. The standard InChI is InChI=1S/C15H16BrF2NO3/c16-11-3-1-9(2-4-11)12(14(21)22)19-13(20)10-5-7-15(17,18)8-6-10/h1-4,10,12H,5-8H2,(H,19,20)(H,21,22). The number of rotatable bonds is 4. The highest BCUT2D eigenvalue weighted by atomic mass is 79.9. The number of hydrogen-bond donors (Lipinski definition) is 2. The maximum absolute atomic E-state index is 13.1. The van der Waals surface area contributed by atoms with Gasteiger partial charge in [-0.05, 0) is 30.5 Å². The number of benzene rings is 1. The normalized spacial score (nSPS) is 19.4. The first kappa shape index (κ1) is 16.9. The highest BCUT2D eigenvalue weighted by molar-refractivity contribution is 9.10. The van der Waals surface area contributed by atoms with Crippen molar-refractivity contribution in [2.75, 3.05) is 0 Å². The minimum absolute atomic E-state index is 0.0749. The van der Waals surface area contributed by atoms with Gasteiger partial charge in [0.25, 0.3) is 0 Å². The summed E-state index contributed by atoms with van der Waals surface area (Å²) in [5.74, 6) is -4.94. The second-order valence-electron chi connectivity index (χ2n) is 5.46. The lowest BCUT2D eigenvalue weighted by Gasteiger charge is -2.28. The van der Waals surface area contributed by atoms with Crippen molar-refractivity contribution >= 4 is 27.8 Å². The lowest BCUT2D eigenvalue weighted by Crippen LogP contribution is -2.40. The number of carboxylic acid groups (broad SMARTS) is 1. The molecular formula is C15H16BrF2NO3. The average Bonchev–Trinajstić information content (AvgIpc) is 2.45. The topological polar surface area (TPSA) is 66.4 Å². The minimum atomic E-state index is -2.71. The second kappa shape index (κ2) is 6.73. The van der Waals surface area contributed by atoms with Crippen molar-refractivity contribution in [1.29, 1.82) is 0 Å². The quantitative estimate of drug-likeness (QED) is 0.845. The van der Waals surface area contributed by atoms with Crippen molar-refractivity contribution < 1.29 is 23.5 Å². The van der Waals surface area contributed by atoms with E-state index in [1.807, 2.05) is 0 Å². The van der Waals surface area contributed by atoms with Crippen molar-refractivity contribution in [2.24, 2.45) is 5.92 Å². The molecule has 1 aliphatic rings. The Morgan fingerprint density at radius 1 is 1.23 bits per heavy atom. The Hall–Kier alpha value is -1.50. The molecule has 1 aromatic rings. The molecular weight excluding hydrogens is 360 g/mol. The van der Waals surface area contributed by atoms with Crippen LogP contribution >= 0.6 is 15.9 Å². The van der Waals surface area contributed by atoms with Crippen LogP contribution in [0.25, 0.3) is 0 Å². The molecule has 0 saturated heterocycles. The van der Waals surface area contributed by atoms with E-state index in [0.717, 1.165) is 4.47 Å². The van der Waals surface area contributed by atoms with Gasteiger partial charge >= 0.3 is 5.97 Å². The lowest BCUT2D eigenvalue weighted by atomic mass is 9.86. The number of halogens is 3. The molecule has 120 valence electrons. The van der Waals surface area contributed by atoms with Crippen LogP contribution in [-0.2, 0) is 9.59 Å². The molecule has 1 atom stereocenters. The first-order valence-corrected chi connectivity index (χ1v) is 7.74. The predicted molar refractivity (Wildman–Crippen MR) is 79.6 cm³/mol. The summed E-state index contributed by atoms with van der Waals surface area (Å²) in [5.41, 5.74) is 0.435. The summed E-state index contributed by atoms with van der Waals surface area (Å²) in [4.78, 5) is 23.5. The third-order valence-corrected chi connectivity index (χ3v) is 4.35. The number of hydrogen-bond acceptors (Lipinski definition) is 2. The molecule has 7 heteroatoms. The van der Waals surface area contributed by atoms with E-state index in [0.29, 0.717) is 5.56 Å². The van der Waals surface area contributed by atoms with E-state index < -0.39 is 29.8 Å². The van der Waals surface area contributed by atoms with Gasteiger partial charge in [0.15, 0.2) is 6.04 Å². The molecule has 2 rings (SSSR count). The van der Waals surface area contributed by atoms with Crippen LogP contribution in [0.15, 0.2) is 28.7 Å². The van der Waals surface area contributed by atoms with Crippen molar-refractivity contribution in [1.82, 2.24) is 5.32 Å². The Kier molecular flexibility index (Phi) is 5.16. The zero-order valence-electron chi connectivity index (χ0n) is 11.7. The van der Waals surface area contributed by atoms with Crippen LogP contribution in [0, 0.1) is 5.92 Å². The molecule has 22 heavy (non-hydrogen) atoms. The Bertz CT molecular complexity index is 552. The molecule has 1 fully saturated rings. The molecule has 0 aliphatic heterocycles. The Morgan fingerprint density at radius 3 is 2.27 bits per heavy atom. The molecule has 1 aromatic carbocycles. The SMILES string of the molecule is O=C(NC(C(=O)O)c1ccc(Br)cc1)C1CCC(F)(F)CC1. The molecule has 4 nitrogen and oxygen atoms in total. The molecule has 0 aromatic heterocycles. The van der Waals surface area contributed by atoms with Crippen LogP contribution in [-0.4, -0.2) is 22.9 Å². The summed E-state index contributed by atoms with van der Waals surface area (Å²) < 4.78 is 27.0. The van der Waals surface area contributed by atoms with E-state index in [2.05, 4.69) is 21.2 Å². The largest absolute Gasteiger partial charge is 0.479 e. The van der Waals surface area contributed by atoms with Gasteiger partial charge < -0.3 is 10.4 Å². The smallest absolute Gasteiger partial charge is 0.330 e. The fourth-order valence-electron chi connectivity index (χ4n) is 2.51. The number of carbonyl (C=O) groups excluding carboxylic acids is 1. The van der Waals surface area contributed by atoms with Crippen molar-refractivity contribution in [3.05, 3.63) is 34.3 Å². The summed E-state index contributed by atoms with van der Waals surface area (Å²) in [5, 5.41) is 11.7. The van der Waals surface area contributed by atoms with Gasteiger partial charge in [0, 0.05) is 23.2 Å². The van der Waals surface area contributed by atoms with Gasteiger partial charge in [-0.1, -0.05) is 28.1 Å². The van der Waals surface area contributed by atoms with Gasteiger partial charge in [-0.2, -0.15) is 0 Å². The Morgan fingerprint density at radius 2 is 1.77 bits per heavy atom. The summed E-state index contributed by atoms with van der Waals surface area (Å²) in [6.07, 6.45) is -0.515. The molecule has 1 amide bonds. The molecule has 1 unspecified atom stereocenters. The van der Waals surface area contributed by atoms with Gasteiger partial charge in [-0.15, -0.1) is 0 Å². The summed E-state index contributed by atoms with van der Waals surface area (Å²) in [6, 6.07) is 5.37. The maximum Gasteiger partial charge on any atom is 0.330 e. The van der Waals surface area contributed by atoms with Crippen molar-refractivity contribution in [2.45, 2.75) is 37.6 Å². The molecule has 1 aliphatic carbocycles. The van der Waals surface area contributed by atoms with E-state index in [4.69, 9.17) is 0 Å². The third-order valence-electron chi connectivity index (χ3n) is 3.82. The van der Waals surface area contributed by atoms with E-state index in [-0.39, 0.29) is 25.7 Å². The first-order chi connectivity index (χ1) is 10.3. The van der Waals surface area contributed by atoms with Gasteiger partial charge in [-0.3, -0.25) is 4.79 Å². The van der Waals surface area contributed by atoms with Crippen LogP contribution in [0.3, 0.4) is 0 Å². The molecule has 0 radical (unpaired) electrons. The zero-order chi connectivity index (χ0) is 16.3. The van der Waals surface area contributed by atoms with Crippen LogP contribution in [0.1, 0.15) is 37.3 Å². The van der Waals surface area contributed by atoms with E-state index >= 15 is 0 Å². The molecule has 2 N–H and O–H groups in total. The van der Waals surface area contributed by atoms with Crippen LogP contribution < -0.4 is 5.32 Å². The molecule has 0 bridgehead atoms. The minimum Gasteiger partial charge on any atom is -0.479 e. The van der Waals surface area contributed by atoms with Crippen LogP contribution in [0.2, 0.25) is 0 Å². The van der Waals surface area contributed by atoms with Crippen LogP contribution in [0.5, 0.6) is 0 Å². The third kappa shape index (κ3) is 4.25. The zero-order valence-corrected chi connectivity index (χ0v) is 13.3. The Labute approximate surface area is 135 Å². The number of amides is 1. The number of nitrogens with one attached hydrogen (secondary N) is 1. The van der Waals surface area contributed by atoms with Crippen LogP contribution in [0.4, 0.5) is 8.78 Å².